The van der Waals surface area contributed by atoms with E-state index in [2.05, 4.69) is 47.1 Å². The smallest absolute Gasteiger partial charge is 0.240 e. The minimum absolute atomic E-state index is 0.480. The van der Waals surface area contributed by atoms with E-state index < -0.39 is 0 Å². The number of thiophene rings is 1. The SMILES string of the molecule is CCCN(CC)c1nc(NN)nc2sc(C)cc12. The number of hydrazine groups is 1. The number of hydrogen-bond acceptors (Lipinski definition) is 6. The summed E-state index contributed by atoms with van der Waals surface area (Å²) in [7, 11) is 0. The van der Waals surface area contributed by atoms with Gasteiger partial charge in [0.15, 0.2) is 0 Å². The molecule has 0 atom stereocenters. The molecule has 2 rings (SSSR count). The maximum Gasteiger partial charge on any atom is 0.240 e. The van der Waals surface area contributed by atoms with Crippen LogP contribution in [-0.2, 0) is 0 Å². The summed E-state index contributed by atoms with van der Waals surface area (Å²) in [6.07, 6.45) is 1.09. The number of nitrogens with zero attached hydrogens (tertiary/aromatic N) is 3. The second-order valence-corrected chi connectivity index (χ2v) is 5.41. The number of aryl methyl sites for hydroxylation is 1. The molecule has 18 heavy (non-hydrogen) atoms. The van der Waals surface area contributed by atoms with Crippen molar-refractivity contribution in [2.24, 2.45) is 5.84 Å². The Kier molecular flexibility index (Phi) is 3.98. The van der Waals surface area contributed by atoms with Crippen LogP contribution in [0.4, 0.5) is 11.8 Å². The van der Waals surface area contributed by atoms with E-state index in [1.165, 1.54) is 4.88 Å². The average Bonchev–Trinajstić information content (AvgIpc) is 2.75. The third-order valence-corrected chi connectivity index (χ3v) is 3.74. The average molecular weight is 265 g/mol. The van der Waals surface area contributed by atoms with Gasteiger partial charge in [-0.3, -0.25) is 5.43 Å². The zero-order valence-electron chi connectivity index (χ0n) is 11.0. The first-order valence-corrected chi connectivity index (χ1v) is 7.01. The largest absolute Gasteiger partial charge is 0.356 e. The van der Waals surface area contributed by atoms with E-state index in [1.807, 2.05) is 0 Å². The Labute approximate surface area is 111 Å². The fourth-order valence-electron chi connectivity index (χ4n) is 2.02. The Morgan fingerprint density at radius 2 is 2.17 bits per heavy atom. The molecule has 3 N–H and O–H groups in total. The Bertz CT molecular complexity index is 536. The Hall–Kier alpha value is -1.40. The van der Waals surface area contributed by atoms with Gasteiger partial charge in [-0.2, -0.15) is 4.98 Å². The molecule has 0 fully saturated rings. The van der Waals surface area contributed by atoms with Crippen LogP contribution in [0, 0.1) is 6.92 Å². The predicted molar refractivity (Wildman–Crippen MR) is 78.1 cm³/mol. The minimum Gasteiger partial charge on any atom is -0.356 e. The summed E-state index contributed by atoms with van der Waals surface area (Å²) in [4.78, 5) is 13.4. The number of nitrogens with one attached hydrogen (secondary N) is 1. The summed E-state index contributed by atoms with van der Waals surface area (Å²) in [5, 5.41) is 1.12. The molecule has 0 aliphatic heterocycles. The number of aromatic nitrogens is 2. The lowest BCUT2D eigenvalue weighted by Crippen LogP contribution is -2.25. The molecule has 2 aromatic heterocycles. The van der Waals surface area contributed by atoms with Crippen molar-refractivity contribution in [2.75, 3.05) is 23.4 Å². The highest BCUT2D eigenvalue weighted by atomic mass is 32.1. The summed E-state index contributed by atoms with van der Waals surface area (Å²) >= 11 is 1.67. The lowest BCUT2D eigenvalue weighted by molar-refractivity contribution is 0.781. The Balaban J connectivity index is 2.58. The van der Waals surface area contributed by atoms with Crippen LogP contribution >= 0.6 is 11.3 Å². The van der Waals surface area contributed by atoms with Crippen molar-refractivity contribution >= 4 is 33.3 Å². The van der Waals surface area contributed by atoms with Gasteiger partial charge in [0.25, 0.3) is 0 Å². The van der Waals surface area contributed by atoms with Crippen molar-refractivity contribution in [2.45, 2.75) is 27.2 Å². The highest BCUT2D eigenvalue weighted by Crippen LogP contribution is 2.31. The number of fused-ring (bicyclic) bond motifs is 1. The number of hydrogen-bond donors (Lipinski definition) is 2. The molecule has 0 saturated heterocycles. The number of rotatable bonds is 5. The predicted octanol–water partition coefficient (Wildman–Crippen LogP) is 2.52. The second kappa shape index (κ2) is 5.49. The first-order valence-electron chi connectivity index (χ1n) is 6.19. The fraction of sp³-hybridized carbons (Fsp3) is 0.500. The fourth-order valence-corrected chi connectivity index (χ4v) is 2.89. The molecule has 6 heteroatoms. The Morgan fingerprint density at radius 3 is 2.78 bits per heavy atom. The molecule has 98 valence electrons. The van der Waals surface area contributed by atoms with Crippen LogP contribution in [0.15, 0.2) is 6.07 Å². The van der Waals surface area contributed by atoms with Gasteiger partial charge in [0, 0.05) is 18.0 Å². The third kappa shape index (κ3) is 2.39. The van der Waals surface area contributed by atoms with Gasteiger partial charge in [-0.25, -0.2) is 10.8 Å². The van der Waals surface area contributed by atoms with Gasteiger partial charge in [0.2, 0.25) is 5.95 Å². The van der Waals surface area contributed by atoms with Gasteiger partial charge in [-0.1, -0.05) is 6.92 Å². The highest BCUT2D eigenvalue weighted by molar-refractivity contribution is 7.18. The normalized spacial score (nSPS) is 10.9. The van der Waals surface area contributed by atoms with E-state index in [0.29, 0.717) is 5.95 Å². The summed E-state index contributed by atoms with van der Waals surface area (Å²) in [5.41, 5.74) is 2.55. The lowest BCUT2D eigenvalue weighted by Gasteiger charge is -2.22. The molecule has 0 amide bonds. The number of anilines is 2. The summed E-state index contributed by atoms with van der Waals surface area (Å²) < 4.78 is 0. The molecule has 0 bridgehead atoms. The summed E-state index contributed by atoms with van der Waals surface area (Å²) in [5.74, 6) is 6.90. The highest BCUT2D eigenvalue weighted by Gasteiger charge is 2.14. The van der Waals surface area contributed by atoms with E-state index in [1.54, 1.807) is 11.3 Å². The number of nitrogen functional groups attached to an aromatic ring is 1. The van der Waals surface area contributed by atoms with Gasteiger partial charge < -0.3 is 4.90 Å². The first kappa shape index (κ1) is 13.0. The molecular weight excluding hydrogens is 246 g/mol. The van der Waals surface area contributed by atoms with Crippen LogP contribution in [0.2, 0.25) is 0 Å². The van der Waals surface area contributed by atoms with E-state index in [0.717, 1.165) is 35.5 Å². The van der Waals surface area contributed by atoms with E-state index in [-0.39, 0.29) is 0 Å². The van der Waals surface area contributed by atoms with Crippen LogP contribution in [0.5, 0.6) is 0 Å². The standard InChI is InChI=1S/C12H19N5S/c1-4-6-17(5-2)10-9-7-8(3)18-11(9)15-12(14-10)16-13/h7H,4-6,13H2,1-3H3,(H,14,15,16). The van der Waals surface area contributed by atoms with E-state index in [9.17, 15) is 0 Å². The van der Waals surface area contributed by atoms with Gasteiger partial charge in [0.1, 0.15) is 10.6 Å². The van der Waals surface area contributed by atoms with E-state index in [4.69, 9.17) is 5.84 Å². The van der Waals surface area contributed by atoms with Crippen LogP contribution in [-0.4, -0.2) is 23.1 Å². The molecule has 0 aliphatic rings. The van der Waals surface area contributed by atoms with Gasteiger partial charge in [-0.05, 0) is 26.3 Å². The Morgan fingerprint density at radius 1 is 1.39 bits per heavy atom. The van der Waals surface area contributed by atoms with Crippen molar-refractivity contribution in [1.29, 1.82) is 0 Å². The maximum atomic E-state index is 5.44. The van der Waals surface area contributed by atoms with E-state index >= 15 is 0 Å². The van der Waals surface area contributed by atoms with Crippen LogP contribution in [0.25, 0.3) is 10.2 Å². The molecule has 0 saturated carbocycles. The summed E-state index contributed by atoms with van der Waals surface area (Å²) in [6.45, 7) is 8.31. The molecule has 0 aliphatic carbocycles. The number of nitrogens with two attached hydrogens (primary N) is 1. The van der Waals surface area contributed by atoms with Crippen molar-refractivity contribution in [1.82, 2.24) is 9.97 Å². The van der Waals surface area contributed by atoms with Gasteiger partial charge >= 0.3 is 0 Å². The van der Waals surface area contributed by atoms with Crippen LogP contribution < -0.4 is 16.2 Å². The molecule has 0 radical (unpaired) electrons. The molecule has 0 aromatic carbocycles. The minimum atomic E-state index is 0.480. The quantitative estimate of drug-likeness (QED) is 0.642. The summed E-state index contributed by atoms with van der Waals surface area (Å²) in [6, 6.07) is 2.15. The molecule has 0 spiro atoms. The first-order chi connectivity index (χ1) is 8.69. The lowest BCUT2D eigenvalue weighted by atomic mass is 10.3. The zero-order chi connectivity index (χ0) is 13.1. The maximum absolute atomic E-state index is 5.44. The monoisotopic (exact) mass is 265 g/mol. The zero-order valence-corrected chi connectivity index (χ0v) is 11.8. The second-order valence-electron chi connectivity index (χ2n) is 4.17. The van der Waals surface area contributed by atoms with Gasteiger partial charge in [-0.15, -0.1) is 11.3 Å². The van der Waals surface area contributed by atoms with Crippen LogP contribution in [0.1, 0.15) is 25.1 Å². The topological polar surface area (TPSA) is 67.1 Å². The molecule has 2 heterocycles. The molecular formula is C12H19N5S. The van der Waals surface area contributed by atoms with Gasteiger partial charge in [0.05, 0.1) is 5.39 Å². The van der Waals surface area contributed by atoms with Crippen molar-refractivity contribution < 1.29 is 0 Å². The van der Waals surface area contributed by atoms with Crippen molar-refractivity contribution in [3.63, 3.8) is 0 Å². The third-order valence-electron chi connectivity index (χ3n) is 2.80. The van der Waals surface area contributed by atoms with Crippen molar-refractivity contribution in [3.05, 3.63) is 10.9 Å². The molecule has 2 aromatic rings. The van der Waals surface area contributed by atoms with Crippen LogP contribution in [0.3, 0.4) is 0 Å². The van der Waals surface area contributed by atoms with Crippen molar-refractivity contribution in [3.8, 4) is 0 Å². The molecule has 5 nitrogen and oxygen atoms in total. The molecule has 0 unspecified atom stereocenters.